The fourth-order valence-corrected chi connectivity index (χ4v) is 2.37. The first-order valence-electron chi connectivity index (χ1n) is 7.72. The lowest BCUT2D eigenvalue weighted by atomic mass is 10.2. The van der Waals surface area contributed by atoms with Gasteiger partial charge in [0.15, 0.2) is 0 Å². The first kappa shape index (κ1) is 17.9. The van der Waals surface area contributed by atoms with Gasteiger partial charge in [0.05, 0.1) is 18.7 Å². The van der Waals surface area contributed by atoms with Gasteiger partial charge in [-0.1, -0.05) is 30.7 Å². The molecule has 0 heterocycles. The van der Waals surface area contributed by atoms with E-state index in [2.05, 4.69) is 23.6 Å². The maximum atomic E-state index is 11.8. The largest absolute Gasteiger partial charge is 0.495 e. The van der Waals surface area contributed by atoms with E-state index in [0.717, 1.165) is 12.2 Å². The van der Waals surface area contributed by atoms with Gasteiger partial charge in [0.25, 0.3) is 0 Å². The third kappa shape index (κ3) is 5.35. The Balaban J connectivity index is 1.74. The van der Waals surface area contributed by atoms with Crippen molar-refractivity contribution in [2.45, 2.75) is 13.3 Å². The second-order valence-electron chi connectivity index (χ2n) is 5.08. The number of nitrogens with one attached hydrogen (secondary N) is 2. The molecule has 0 spiro atoms. The van der Waals surface area contributed by atoms with Gasteiger partial charge in [0.1, 0.15) is 18.1 Å². The van der Waals surface area contributed by atoms with Crippen molar-refractivity contribution in [2.24, 2.45) is 0 Å². The van der Waals surface area contributed by atoms with Crippen LogP contribution in [-0.2, 0) is 6.42 Å². The minimum atomic E-state index is -0.317. The van der Waals surface area contributed by atoms with Crippen molar-refractivity contribution < 1.29 is 14.3 Å². The molecule has 0 saturated carbocycles. The molecule has 0 aromatic heterocycles. The summed E-state index contributed by atoms with van der Waals surface area (Å²) < 4.78 is 10.7. The molecule has 0 bridgehead atoms. The highest BCUT2D eigenvalue weighted by molar-refractivity contribution is 6.32. The van der Waals surface area contributed by atoms with E-state index < -0.39 is 0 Å². The molecule has 5 nitrogen and oxygen atoms in total. The molecule has 0 fully saturated rings. The molecule has 0 aliphatic rings. The summed E-state index contributed by atoms with van der Waals surface area (Å²) >= 11 is 6.02. The Labute approximate surface area is 146 Å². The van der Waals surface area contributed by atoms with Gasteiger partial charge in [-0.2, -0.15) is 0 Å². The van der Waals surface area contributed by atoms with Gasteiger partial charge in [-0.15, -0.1) is 0 Å². The number of amides is 2. The van der Waals surface area contributed by atoms with E-state index in [0.29, 0.717) is 29.6 Å². The average Bonchev–Trinajstić information content (AvgIpc) is 2.59. The van der Waals surface area contributed by atoms with Crippen LogP contribution in [0.2, 0.25) is 5.02 Å². The quantitative estimate of drug-likeness (QED) is 0.740. The standard InChI is InChI=1S/C18H21ClN2O3/c1-3-13-5-4-6-15(11-13)24-10-9-20-18(22)21-14-7-8-17(23-2)16(19)12-14/h4-8,11-12H,3,9-10H2,1-2H3,(H2,20,21,22). The number of anilines is 1. The number of methoxy groups -OCH3 is 1. The average molecular weight is 349 g/mol. The van der Waals surface area contributed by atoms with Crippen molar-refractivity contribution in [1.29, 1.82) is 0 Å². The van der Waals surface area contributed by atoms with E-state index in [-0.39, 0.29) is 6.03 Å². The Morgan fingerprint density at radius 3 is 2.75 bits per heavy atom. The molecule has 0 atom stereocenters. The van der Waals surface area contributed by atoms with Crippen molar-refractivity contribution in [3.05, 3.63) is 53.1 Å². The minimum absolute atomic E-state index is 0.317. The van der Waals surface area contributed by atoms with Gasteiger partial charge in [-0.25, -0.2) is 4.79 Å². The Hall–Kier alpha value is -2.40. The molecule has 6 heteroatoms. The number of urea groups is 1. The number of hydrogen-bond acceptors (Lipinski definition) is 3. The molecule has 0 unspecified atom stereocenters. The van der Waals surface area contributed by atoms with Crippen LogP contribution < -0.4 is 20.1 Å². The van der Waals surface area contributed by atoms with Crippen molar-refractivity contribution in [2.75, 3.05) is 25.6 Å². The van der Waals surface area contributed by atoms with E-state index in [1.54, 1.807) is 18.2 Å². The molecular formula is C18H21ClN2O3. The van der Waals surface area contributed by atoms with Crippen LogP contribution in [0.1, 0.15) is 12.5 Å². The maximum absolute atomic E-state index is 11.8. The predicted molar refractivity (Wildman–Crippen MR) is 96.3 cm³/mol. The van der Waals surface area contributed by atoms with Crippen LogP contribution in [0.25, 0.3) is 0 Å². The van der Waals surface area contributed by atoms with E-state index >= 15 is 0 Å². The number of carbonyl (C=O) groups excluding carboxylic acids is 1. The number of benzene rings is 2. The number of rotatable bonds is 7. The Bertz CT molecular complexity index is 692. The normalized spacial score (nSPS) is 10.1. The number of ether oxygens (including phenoxy) is 2. The third-order valence-electron chi connectivity index (χ3n) is 3.37. The van der Waals surface area contributed by atoms with Gasteiger partial charge in [-0.3, -0.25) is 0 Å². The first-order valence-corrected chi connectivity index (χ1v) is 8.10. The summed E-state index contributed by atoms with van der Waals surface area (Å²) in [5.74, 6) is 1.36. The van der Waals surface area contributed by atoms with Gasteiger partial charge in [-0.05, 0) is 42.3 Å². The van der Waals surface area contributed by atoms with Crippen LogP contribution in [0.3, 0.4) is 0 Å². The number of carbonyl (C=O) groups is 1. The van der Waals surface area contributed by atoms with E-state index in [1.165, 1.54) is 12.7 Å². The second kappa shape index (κ2) is 9.03. The molecule has 0 aliphatic heterocycles. The van der Waals surface area contributed by atoms with Crippen molar-refractivity contribution in [1.82, 2.24) is 5.32 Å². The van der Waals surface area contributed by atoms with E-state index in [1.807, 2.05) is 18.2 Å². The zero-order valence-corrected chi connectivity index (χ0v) is 14.5. The van der Waals surface area contributed by atoms with Crippen LogP contribution in [0.15, 0.2) is 42.5 Å². The number of halogens is 1. The van der Waals surface area contributed by atoms with Crippen LogP contribution in [0.4, 0.5) is 10.5 Å². The molecule has 0 saturated heterocycles. The molecule has 0 radical (unpaired) electrons. The van der Waals surface area contributed by atoms with Crippen molar-refractivity contribution >= 4 is 23.3 Å². The summed E-state index contributed by atoms with van der Waals surface area (Å²) in [6.45, 7) is 2.88. The minimum Gasteiger partial charge on any atom is -0.495 e. The van der Waals surface area contributed by atoms with Crippen LogP contribution in [-0.4, -0.2) is 26.3 Å². The summed E-state index contributed by atoms with van der Waals surface area (Å²) in [6, 6.07) is 12.6. The topological polar surface area (TPSA) is 59.6 Å². The summed E-state index contributed by atoms with van der Waals surface area (Å²) in [5.41, 5.74) is 1.81. The van der Waals surface area contributed by atoms with Gasteiger partial charge in [0, 0.05) is 5.69 Å². The predicted octanol–water partition coefficient (Wildman–Crippen LogP) is 4.11. The zero-order valence-electron chi connectivity index (χ0n) is 13.8. The highest BCUT2D eigenvalue weighted by Gasteiger charge is 2.05. The highest BCUT2D eigenvalue weighted by atomic mass is 35.5. The fourth-order valence-electron chi connectivity index (χ4n) is 2.11. The van der Waals surface area contributed by atoms with Crippen molar-refractivity contribution in [3.63, 3.8) is 0 Å². The highest BCUT2D eigenvalue weighted by Crippen LogP contribution is 2.27. The van der Waals surface area contributed by atoms with Crippen LogP contribution >= 0.6 is 11.6 Å². The number of hydrogen-bond donors (Lipinski definition) is 2. The lowest BCUT2D eigenvalue weighted by Gasteiger charge is -2.10. The molecule has 24 heavy (non-hydrogen) atoms. The SMILES string of the molecule is CCc1cccc(OCCNC(=O)Nc2ccc(OC)c(Cl)c2)c1. The summed E-state index contributed by atoms with van der Waals surface area (Å²) in [7, 11) is 1.54. The molecule has 2 amide bonds. The van der Waals surface area contributed by atoms with Gasteiger partial charge < -0.3 is 20.1 Å². The maximum Gasteiger partial charge on any atom is 0.319 e. The molecule has 128 valence electrons. The molecule has 2 rings (SSSR count). The monoisotopic (exact) mass is 348 g/mol. The molecule has 2 aromatic rings. The van der Waals surface area contributed by atoms with E-state index in [4.69, 9.17) is 21.1 Å². The number of aryl methyl sites for hydroxylation is 1. The Kier molecular flexibility index (Phi) is 6.75. The summed E-state index contributed by atoms with van der Waals surface area (Å²) in [6.07, 6.45) is 0.961. The zero-order chi connectivity index (χ0) is 17.4. The third-order valence-corrected chi connectivity index (χ3v) is 3.67. The molecule has 2 N–H and O–H groups in total. The van der Waals surface area contributed by atoms with Crippen molar-refractivity contribution in [3.8, 4) is 11.5 Å². The van der Waals surface area contributed by atoms with Gasteiger partial charge >= 0.3 is 6.03 Å². The van der Waals surface area contributed by atoms with Gasteiger partial charge in [0.2, 0.25) is 0 Å². The molecule has 2 aromatic carbocycles. The van der Waals surface area contributed by atoms with Crippen LogP contribution in [0.5, 0.6) is 11.5 Å². The van der Waals surface area contributed by atoms with Crippen LogP contribution in [0, 0.1) is 0 Å². The lowest BCUT2D eigenvalue weighted by Crippen LogP contribution is -2.32. The molecule has 0 aliphatic carbocycles. The summed E-state index contributed by atoms with van der Waals surface area (Å²) in [5, 5.41) is 5.87. The first-order chi connectivity index (χ1) is 11.6. The second-order valence-corrected chi connectivity index (χ2v) is 5.49. The molecular weight excluding hydrogens is 328 g/mol. The smallest absolute Gasteiger partial charge is 0.319 e. The lowest BCUT2D eigenvalue weighted by molar-refractivity contribution is 0.247. The van der Waals surface area contributed by atoms with E-state index in [9.17, 15) is 4.79 Å². The summed E-state index contributed by atoms with van der Waals surface area (Å²) in [4.78, 5) is 11.8. The Morgan fingerprint density at radius 1 is 1.21 bits per heavy atom. The fraction of sp³-hybridized carbons (Fsp3) is 0.278. The Morgan fingerprint density at radius 2 is 2.04 bits per heavy atom.